The highest BCUT2D eigenvalue weighted by Gasteiger charge is 2.22. The van der Waals surface area contributed by atoms with Crippen LogP contribution in [0.1, 0.15) is 11.9 Å². The van der Waals surface area contributed by atoms with Gasteiger partial charge in [-0.05, 0) is 19.2 Å². The molecule has 1 atom stereocenters. The van der Waals surface area contributed by atoms with Crippen LogP contribution < -0.4 is 5.32 Å². The smallest absolute Gasteiger partial charge is 0.125 e. The van der Waals surface area contributed by atoms with E-state index >= 15 is 0 Å². The molecule has 5 heteroatoms. The largest absolute Gasteiger partial charge is 0.341 e. The highest BCUT2D eigenvalue weighted by molar-refractivity contribution is 5.57. The normalized spacial score (nSPS) is 21.1. The van der Waals surface area contributed by atoms with E-state index in [1.54, 1.807) is 12.4 Å². The van der Waals surface area contributed by atoms with Gasteiger partial charge in [-0.3, -0.25) is 9.88 Å². The number of likely N-dealkylation sites (N-methyl/N-ethyl adjacent to an activating group) is 1. The van der Waals surface area contributed by atoms with Gasteiger partial charge in [0, 0.05) is 37.6 Å². The molecule has 0 saturated carbocycles. The van der Waals surface area contributed by atoms with Crippen molar-refractivity contribution in [3.63, 3.8) is 0 Å². The second-order valence-electron chi connectivity index (χ2n) is 4.62. The van der Waals surface area contributed by atoms with Crippen molar-refractivity contribution < 1.29 is 0 Å². The van der Waals surface area contributed by atoms with E-state index in [0.29, 0.717) is 6.04 Å². The third-order valence-electron chi connectivity index (χ3n) is 3.41. The molecule has 1 aliphatic rings. The maximum atomic E-state index is 4.51. The van der Waals surface area contributed by atoms with E-state index in [4.69, 9.17) is 0 Å². The summed E-state index contributed by atoms with van der Waals surface area (Å²) in [5, 5.41) is 3.40. The van der Waals surface area contributed by atoms with Gasteiger partial charge in [0.05, 0.1) is 17.9 Å². The van der Waals surface area contributed by atoms with Crippen molar-refractivity contribution in [2.24, 2.45) is 0 Å². The van der Waals surface area contributed by atoms with Crippen LogP contribution in [0.3, 0.4) is 0 Å². The van der Waals surface area contributed by atoms with Gasteiger partial charge in [0.1, 0.15) is 5.82 Å². The zero-order valence-corrected chi connectivity index (χ0v) is 10.4. The number of nitrogens with zero attached hydrogens (tertiary/aromatic N) is 3. The fourth-order valence-electron chi connectivity index (χ4n) is 2.30. The van der Waals surface area contributed by atoms with Gasteiger partial charge < -0.3 is 10.3 Å². The molecule has 0 amide bonds. The second-order valence-corrected chi connectivity index (χ2v) is 4.62. The van der Waals surface area contributed by atoms with E-state index in [0.717, 1.165) is 36.7 Å². The quantitative estimate of drug-likeness (QED) is 0.827. The van der Waals surface area contributed by atoms with Crippen molar-refractivity contribution in [2.75, 3.05) is 26.7 Å². The first kappa shape index (κ1) is 11.4. The van der Waals surface area contributed by atoms with E-state index in [9.17, 15) is 0 Å². The Kier molecular flexibility index (Phi) is 3.08. The fourth-order valence-corrected chi connectivity index (χ4v) is 2.30. The zero-order valence-electron chi connectivity index (χ0n) is 10.4. The lowest BCUT2D eigenvalue weighted by molar-refractivity contribution is 0.195. The van der Waals surface area contributed by atoms with E-state index < -0.39 is 0 Å². The van der Waals surface area contributed by atoms with E-state index in [2.05, 4.69) is 32.2 Å². The summed E-state index contributed by atoms with van der Waals surface area (Å²) in [6, 6.07) is 4.30. The summed E-state index contributed by atoms with van der Waals surface area (Å²) in [7, 11) is 2.14. The van der Waals surface area contributed by atoms with Crippen molar-refractivity contribution in [2.45, 2.75) is 6.04 Å². The number of hydrogen-bond acceptors (Lipinski definition) is 4. The highest BCUT2D eigenvalue weighted by atomic mass is 15.2. The average Bonchev–Trinajstić information content (AvgIpc) is 2.90. The number of aromatic amines is 1. The molecule has 0 radical (unpaired) electrons. The molecule has 0 aliphatic carbocycles. The number of pyridine rings is 1. The van der Waals surface area contributed by atoms with Crippen LogP contribution in [0.2, 0.25) is 0 Å². The number of piperazine rings is 1. The topological polar surface area (TPSA) is 56.8 Å². The van der Waals surface area contributed by atoms with Gasteiger partial charge in [0.2, 0.25) is 0 Å². The summed E-state index contributed by atoms with van der Waals surface area (Å²) in [4.78, 5) is 14.3. The van der Waals surface area contributed by atoms with Gasteiger partial charge in [0.15, 0.2) is 0 Å². The summed E-state index contributed by atoms with van der Waals surface area (Å²) in [5.41, 5.74) is 2.17. The predicted molar refractivity (Wildman–Crippen MR) is 70.1 cm³/mol. The Bertz CT molecular complexity index is 507. The molecule has 0 aromatic carbocycles. The molecular formula is C13H17N5. The molecule has 2 N–H and O–H groups in total. The zero-order chi connectivity index (χ0) is 12.4. The maximum absolute atomic E-state index is 4.51. The standard InChI is InChI=1S/C13H17N5/c1-18-7-6-15-9-12(18)13-16-8-11(17-13)10-2-4-14-5-3-10/h2-5,8,12,15H,6-7,9H2,1H3,(H,16,17). The Morgan fingerprint density at radius 2 is 2.17 bits per heavy atom. The summed E-state index contributed by atoms with van der Waals surface area (Å²) in [6.45, 7) is 3.04. The van der Waals surface area contributed by atoms with Gasteiger partial charge in [-0.1, -0.05) is 0 Å². The minimum atomic E-state index is 0.328. The van der Waals surface area contributed by atoms with E-state index in [-0.39, 0.29) is 0 Å². The van der Waals surface area contributed by atoms with Crippen molar-refractivity contribution in [1.82, 2.24) is 25.2 Å². The lowest BCUT2D eigenvalue weighted by atomic mass is 10.2. The molecule has 3 heterocycles. The maximum Gasteiger partial charge on any atom is 0.125 e. The molecular weight excluding hydrogens is 226 g/mol. The average molecular weight is 243 g/mol. The molecule has 1 aliphatic heterocycles. The molecule has 2 aromatic rings. The summed E-state index contributed by atoms with van der Waals surface area (Å²) >= 11 is 0. The summed E-state index contributed by atoms with van der Waals surface area (Å²) in [6.07, 6.45) is 5.49. The van der Waals surface area contributed by atoms with E-state index in [1.807, 2.05) is 18.3 Å². The van der Waals surface area contributed by atoms with Crippen LogP contribution in [0.4, 0.5) is 0 Å². The fraction of sp³-hybridized carbons (Fsp3) is 0.385. The van der Waals surface area contributed by atoms with Crippen LogP contribution in [0, 0.1) is 0 Å². The van der Waals surface area contributed by atoms with Crippen molar-refractivity contribution >= 4 is 0 Å². The van der Waals surface area contributed by atoms with Crippen LogP contribution in [0.5, 0.6) is 0 Å². The number of hydrogen-bond donors (Lipinski definition) is 2. The first-order valence-corrected chi connectivity index (χ1v) is 6.21. The minimum absolute atomic E-state index is 0.328. The Morgan fingerprint density at radius 3 is 2.94 bits per heavy atom. The summed E-state index contributed by atoms with van der Waals surface area (Å²) < 4.78 is 0. The van der Waals surface area contributed by atoms with Crippen LogP contribution in [-0.2, 0) is 0 Å². The van der Waals surface area contributed by atoms with Gasteiger partial charge in [-0.15, -0.1) is 0 Å². The third kappa shape index (κ3) is 2.14. The van der Waals surface area contributed by atoms with Crippen LogP contribution >= 0.6 is 0 Å². The molecule has 1 saturated heterocycles. The molecule has 2 aromatic heterocycles. The molecule has 1 fully saturated rings. The van der Waals surface area contributed by atoms with Gasteiger partial charge >= 0.3 is 0 Å². The number of H-pyrrole nitrogens is 1. The molecule has 0 spiro atoms. The number of imidazole rings is 1. The molecule has 3 rings (SSSR count). The Morgan fingerprint density at radius 1 is 1.33 bits per heavy atom. The van der Waals surface area contributed by atoms with Gasteiger partial charge in [-0.2, -0.15) is 0 Å². The Hall–Kier alpha value is -1.72. The molecule has 94 valence electrons. The van der Waals surface area contributed by atoms with Crippen LogP contribution in [0.25, 0.3) is 11.3 Å². The second kappa shape index (κ2) is 4.88. The SMILES string of the molecule is CN1CCNCC1c1ncc(-c2ccncc2)[nH]1. The lowest BCUT2D eigenvalue weighted by Crippen LogP contribution is -2.44. The molecule has 5 nitrogen and oxygen atoms in total. The van der Waals surface area contributed by atoms with Crippen molar-refractivity contribution in [1.29, 1.82) is 0 Å². The molecule has 0 bridgehead atoms. The predicted octanol–water partition coefficient (Wildman–Crippen LogP) is 1.05. The van der Waals surface area contributed by atoms with Gasteiger partial charge in [0.25, 0.3) is 0 Å². The Labute approximate surface area is 106 Å². The monoisotopic (exact) mass is 243 g/mol. The molecule has 1 unspecified atom stereocenters. The third-order valence-corrected chi connectivity index (χ3v) is 3.41. The van der Waals surface area contributed by atoms with Crippen LogP contribution in [0.15, 0.2) is 30.7 Å². The number of nitrogens with one attached hydrogen (secondary N) is 2. The van der Waals surface area contributed by atoms with Crippen molar-refractivity contribution in [3.05, 3.63) is 36.5 Å². The van der Waals surface area contributed by atoms with E-state index in [1.165, 1.54) is 0 Å². The van der Waals surface area contributed by atoms with Gasteiger partial charge in [-0.25, -0.2) is 4.98 Å². The Balaban J connectivity index is 1.85. The highest BCUT2D eigenvalue weighted by Crippen LogP contribution is 2.21. The number of aromatic nitrogens is 3. The first-order valence-electron chi connectivity index (χ1n) is 6.21. The molecule has 18 heavy (non-hydrogen) atoms. The first-order chi connectivity index (χ1) is 8.84. The van der Waals surface area contributed by atoms with Crippen LogP contribution in [-0.4, -0.2) is 46.5 Å². The minimum Gasteiger partial charge on any atom is -0.341 e. The summed E-state index contributed by atoms with van der Waals surface area (Å²) in [5.74, 6) is 1.02. The van der Waals surface area contributed by atoms with Crippen molar-refractivity contribution in [3.8, 4) is 11.3 Å². The lowest BCUT2D eigenvalue weighted by Gasteiger charge is -2.31. The number of rotatable bonds is 2.